The zero-order valence-corrected chi connectivity index (χ0v) is 12.0. The van der Waals surface area contributed by atoms with Crippen molar-refractivity contribution >= 4 is 5.91 Å². The van der Waals surface area contributed by atoms with Crippen LogP contribution in [0.2, 0.25) is 0 Å². The smallest absolute Gasteiger partial charge is 0.239 e. The summed E-state index contributed by atoms with van der Waals surface area (Å²) in [5, 5.41) is 7.08. The lowest BCUT2D eigenvalue weighted by molar-refractivity contribution is -0.125. The summed E-state index contributed by atoms with van der Waals surface area (Å²) in [5.74, 6) is -0.166. The largest absolute Gasteiger partial charge is 0.348 e. The van der Waals surface area contributed by atoms with Crippen molar-refractivity contribution in [1.82, 2.24) is 15.1 Å². The lowest BCUT2D eigenvalue weighted by Gasteiger charge is -2.22. The molecule has 0 aliphatic heterocycles. The molecule has 0 saturated carbocycles. The molecule has 0 radical (unpaired) electrons. The number of hydrogen-bond acceptors (Lipinski definition) is 3. The van der Waals surface area contributed by atoms with Gasteiger partial charge in [-0.15, -0.1) is 0 Å². The molecule has 0 aliphatic rings. The average Bonchev–Trinajstić information content (AvgIpc) is 2.91. The monoisotopic (exact) mass is 272 g/mol. The Bertz CT molecular complexity index is 567. The Morgan fingerprint density at radius 1 is 1.35 bits per heavy atom. The normalized spacial score (nSPS) is 13.0. The molecule has 2 rings (SSSR count). The SMILES string of the molecule is CC(NC(=O)C(C)(C)N)c1ccc(-n2cccn2)cc1. The van der Waals surface area contributed by atoms with Gasteiger partial charge in [-0.1, -0.05) is 12.1 Å². The van der Waals surface area contributed by atoms with E-state index in [2.05, 4.69) is 10.4 Å². The van der Waals surface area contributed by atoms with Gasteiger partial charge in [0.2, 0.25) is 5.91 Å². The van der Waals surface area contributed by atoms with E-state index < -0.39 is 5.54 Å². The van der Waals surface area contributed by atoms with Crippen molar-refractivity contribution in [2.75, 3.05) is 0 Å². The quantitative estimate of drug-likeness (QED) is 0.891. The first-order valence-electron chi connectivity index (χ1n) is 6.58. The van der Waals surface area contributed by atoms with Gasteiger partial charge < -0.3 is 11.1 Å². The van der Waals surface area contributed by atoms with Gasteiger partial charge in [-0.05, 0) is 44.5 Å². The zero-order chi connectivity index (χ0) is 14.8. The Morgan fingerprint density at radius 3 is 2.50 bits per heavy atom. The van der Waals surface area contributed by atoms with Gasteiger partial charge in [0.15, 0.2) is 0 Å². The standard InChI is InChI=1S/C15H20N4O/c1-11(18-14(20)15(2,3)16)12-5-7-13(8-6-12)19-10-4-9-17-19/h4-11H,16H2,1-3H3,(H,18,20). The van der Waals surface area contributed by atoms with Crippen LogP contribution < -0.4 is 11.1 Å². The fourth-order valence-corrected chi connectivity index (χ4v) is 1.80. The van der Waals surface area contributed by atoms with Crippen LogP contribution in [-0.4, -0.2) is 21.2 Å². The van der Waals surface area contributed by atoms with E-state index in [1.807, 2.05) is 43.5 Å². The lowest BCUT2D eigenvalue weighted by Crippen LogP contribution is -2.49. The molecule has 2 aromatic rings. The fraction of sp³-hybridized carbons (Fsp3) is 0.333. The summed E-state index contributed by atoms with van der Waals surface area (Å²) in [7, 11) is 0. The fourth-order valence-electron chi connectivity index (χ4n) is 1.80. The number of carbonyl (C=O) groups excluding carboxylic acids is 1. The van der Waals surface area contributed by atoms with Gasteiger partial charge in [0.1, 0.15) is 0 Å². The van der Waals surface area contributed by atoms with E-state index in [4.69, 9.17) is 5.73 Å². The molecular weight excluding hydrogens is 252 g/mol. The summed E-state index contributed by atoms with van der Waals surface area (Å²) >= 11 is 0. The molecule has 1 atom stereocenters. The number of aromatic nitrogens is 2. The number of benzene rings is 1. The first kappa shape index (κ1) is 14.3. The van der Waals surface area contributed by atoms with Gasteiger partial charge in [-0.2, -0.15) is 5.10 Å². The second kappa shape index (κ2) is 5.46. The predicted molar refractivity (Wildman–Crippen MR) is 78.4 cm³/mol. The molecule has 20 heavy (non-hydrogen) atoms. The van der Waals surface area contributed by atoms with E-state index >= 15 is 0 Å². The number of nitrogens with zero attached hydrogens (tertiary/aromatic N) is 2. The number of rotatable bonds is 4. The highest BCUT2D eigenvalue weighted by Gasteiger charge is 2.23. The van der Waals surface area contributed by atoms with Gasteiger partial charge in [-0.25, -0.2) is 4.68 Å². The molecule has 0 bridgehead atoms. The molecule has 3 N–H and O–H groups in total. The Balaban J connectivity index is 2.08. The van der Waals surface area contributed by atoms with Crippen LogP contribution in [0.25, 0.3) is 5.69 Å². The molecule has 1 heterocycles. The average molecular weight is 272 g/mol. The van der Waals surface area contributed by atoms with Crippen LogP contribution in [-0.2, 0) is 4.79 Å². The Hall–Kier alpha value is -2.14. The van der Waals surface area contributed by atoms with Crippen LogP contribution >= 0.6 is 0 Å². The summed E-state index contributed by atoms with van der Waals surface area (Å²) < 4.78 is 1.79. The number of nitrogens with two attached hydrogens (primary N) is 1. The first-order valence-corrected chi connectivity index (χ1v) is 6.58. The second-order valence-electron chi connectivity index (χ2n) is 5.46. The van der Waals surface area contributed by atoms with Gasteiger partial charge in [0, 0.05) is 12.4 Å². The van der Waals surface area contributed by atoms with Gasteiger partial charge in [-0.3, -0.25) is 4.79 Å². The molecule has 5 nitrogen and oxygen atoms in total. The summed E-state index contributed by atoms with van der Waals surface area (Å²) in [6.07, 6.45) is 3.62. The minimum atomic E-state index is -0.872. The molecule has 0 aliphatic carbocycles. The zero-order valence-electron chi connectivity index (χ0n) is 12.0. The first-order chi connectivity index (χ1) is 9.38. The highest BCUT2D eigenvalue weighted by Crippen LogP contribution is 2.16. The maximum absolute atomic E-state index is 11.9. The number of hydrogen-bond donors (Lipinski definition) is 2. The van der Waals surface area contributed by atoms with Crippen molar-refractivity contribution in [2.24, 2.45) is 5.73 Å². The number of amides is 1. The van der Waals surface area contributed by atoms with Crippen LogP contribution in [0, 0.1) is 0 Å². The van der Waals surface area contributed by atoms with Gasteiger partial charge in [0.25, 0.3) is 0 Å². The summed E-state index contributed by atoms with van der Waals surface area (Å²) in [4.78, 5) is 11.9. The van der Waals surface area contributed by atoms with E-state index in [0.29, 0.717) is 0 Å². The van der Waals surface area contributed by atoms with E-state index in [9.17, 15) is 4.79 Å². The Morgan fingerprint density at radius 2 is 2.00 bits per heavy atom. The topological polar surface area (TPSA) is 72.9 Å². The summed E-state index contributed by atoms with van der Waals surface area (Å²) in [6.45, 7) is 5.32. The highest BCUT2D eigenvalue weighted by molar-refractivity contribution is 5.85. The lowest BCUT2D eigenvalue weighted by atomic mass is 10.0. The summed E-state index contributed by atoms with van der Waals surface area (Å²) in [6, 6.07) is 9.69. The third-order valence-corrected chi connectivity index (χ3v) is 3.09. The highest BCUT2D eigenvalue weighted by atomic mass is 16.2. The minimum Gasteiger partial charge on any atom is -0.348 e. The molecule has 0 spiro atoms. The molecule has 0 saturated heterocycles. The Kier molecular flexibility index (Phi) is 3.90. The van der Waals surface area contributed by atoms with Crippen LogP contribution in [0.1, 0.15) is 32.4 Å². The molecule has 1 aromatic carbocycles. The molecule has 1 amide bonds. The molecule has 1 aromatic heterocycles. The van der Waals surface area contributed by atoms with Crippen LogP contribution in [0.15, 0.2) is 42.7 Å². The van der Waals surface area contributed by atoms with Crippen molar-refractivity contribution in [1.29, 1.82) is 0 Å². The third kappa shape index (κ3) is 3.24. The minimum absolute atomic E-state index is 0.0861. The third-order valence-electron chi connectivity index (χ3n) is 3.09. The predicted octanol–water partition coefficient (Wildman–Crippen LogP) is 1.79. The molecule has 106 valence electrons. The van der Waals surface area contributed by atoms with E-state index in [0.717, 1.165) is 11.3 Å². The number of nitrogens with one attached hydrogen (secondary N) is 1. The van der Waals surface area contributed by atoms with Crippen molar-refractivity contribution in [3.05, 3.63) is 48.3 Å². The van der Waals surface area contributed by atoms with Crippen LogP contribution in [0.4, 0.5) is 0 Å². The van der Waals surface area contributed by atoms with E-state index in [1.165, 1.54) is 0 Å². The van der Waals surface area contributed by atoms with Crippen molar-refractivity contribution < 1.29 is 4.79 Å². The van der Waals surface area contributed by atoms with Gasteiger partial charge in [0.05, 0.1) is 17.3 Å². The maximum atomic E-state index is 11.9. The van der Waals surface area contributed by atoms with Crippen molar-refractivity contribution in [3.63, 3.8) is 0 Å². The second-order valence-corrected chi connectivity index (χ2v) is 5.46. The van der Waals surface area contributed by atoms with Crippen LogP contribution in [0.3, 0.4) is 0 Å². The van der Waals surface area contributed by atoms with Crippen molar-refractivity contribution in [3.8, 4) is 5.69 Å². The van der Waals surface area contributed by atoms with Crippen LogP contribution in [0.5, 0.6) is 0 Å². The van der Waals surface area contributed by atoms with E-state index in [-0.39, 0.29) is 11.9 Å². The maximum Gasteiger partial charge on any atom is 0.239 e. The molecule has 5 heteroatoms. The number of carbonyl (C=O) groups is 1. The molecular formula is C15H20N4O. The van der Waals surface area contributed by atoms with E-state index in [1.54, 1.807) is 24.7 Å². The van der Waals surface area contributed by atoms with Crippen molar-refractivity contribution in [2.45, 2.75) is 32.4 Å². The summed E-state index contributed by atoms with van der Waals surface area (Å²) in [5.41, 5.74) is 6.91. The Labute approximate surface area is 118 Å². The van der Waals surface area contributed by atoms with Gasteiger partial charge >= 0.3 is 0 Å². The molecule has 0 fully saturated rings. The molecule has 1 unspecified atom stereocenters.